The minimum Gasteiger partial charge on any atom is -0.508 e. The van der Waals surface area contributed by atoms with Crippen LogP contribution in [0.15, 0.2) is 24.3 Å². The van der Waals surface area contributed by atoms with Gasteiger partial charge in [-0.15, -0.1) is 0 Å². The number of phenols is 1. The lowest BCUT2D eigenvalue weighted by atomic mass is 9.85. The summed E-state index contributed by atoms with van der Waals surface area (Å²) in [4.78, 5) is 24.2. The van der Waals surface area contributed by atoms with Gasteiger partial charge < -0.3 is 5.11 Å². The molecule has 0 saturated heterocycles. The van der Waals surface area contributed by atoms with E-state index in [1.165, 1.54) is 0 Å². The normalized spacial score (nSPS) is 12.6. The fourth-order valence-corrected chi connectivity index (χ4v) is 2.55. The zero-order valence-corrected chi connectivity index (χ0v) is 14.1. The summed E-state index contributed by atoms with van der Waals surface area (Å²) in [6.07, 6.45) is 2.19. The van der Waals surface area contributed by atoms with Gasteiger partial charge in [0.25, 0.3) is 0 Å². The molecule has 3 heteroatoms. The first kappa shape index (κ1) is 18.4. The van der Waals surface area contributed by atoms with Crippen LogP contribution in [-0.4, -0.2) is 16.7 Å². The van der Waals surface area contributed by atoms with E-state index in [4.69, 9.17) is 0 Å². The quantitative estimate of drug-likeness (QED) is 0.745. The Morgan fingerprint density at radius 1 is 0.955 bits per heavy atom. The molecule has 3 nitrogen and oxygen atoms in total. The Bertz CT molecular complexity index is 486. The highest BCUT2D eigenvalue weighted by Gasteiger charge is 2.21. The molecule has 0 radical (unpaired) electrons. The molecule has 0 saturated carbocycles. The summed E-state index contributed by atoms with van der Waals surface area (Å²) in [6.45, 7) is 7.95. The highest BCUT2D eigenvalue weighted by atomic mass is 16.3. The standard InChI is InChI=1S/C19H28O3/c1-13(2)11-16(12-15-5-7-17(20)8-6-15)19(22)10-9-18(21)14(3)4/h5-8,13-14,16,20H,9-12H2,1-4H3/t16-/m0/s1. The van der Waals surface area contributed by atoms with E-state index in [-0.39, 0.29) is 29.2 Å². The lowest BCUT2D eigenvalue weighted by Crippen LogP contribution is -2.21. The third-order valence-electron chi connectivity index (χ3n) is 3.89. The number of ketones is 2. The van der Waals surface area contributed by atoms with Crippen LogP contribution in [0.4, 0.5) is 0 Å². The second-order valence-electron chi connectivity index (χ2n) is 6.78. The van der Waals surface area contributed by atoms with E-state index < -0.39 is 0 Å². The van der Waals surface area contributed by atoms with E-state index in [2.05, 4.69) is 13.8 Å². The van der Waals surface area contributed by atoms with E-state index in [1.807, 2.05) is 26.0 Å². The maximum atomic E-state index is 12.5. The molecule has 1 aromatic rings. The predicted octanol–water partition coefficient (Wildman–Crippen LogP) is 4.17. The summed E-state index contributed by atoms with van der Waals surface area (Å²) >= 11 is 0. The van der Waals surface area contributed by atoms with Crippen molar-refractivity contribution >= 4 is 11.6 Å². The monoisotopic (exact) mass is 304 g/mol. The topological polar surface area (TPSA) is 54.4 Å². The molecule has 0 aromatic heterocycles. The van der Waals surface area contributed by atoms with E-state index in [0.717, 1.165) is 12.0 Å². The Balaban J connectivity index is 2.68. The highest BCUT2D eigenvalue weighted by molar-refractivity contribution is 5.88. The van der Waals surface area contributed by atoms with Crippen molar-refractivity contribution in [2.24, 2.45) is 17.8 Å². The molecule has 1 rings (SSSR count). The van der Waals surface area contributed by atoms with Crippen molar-refractivity contribution in [3.63, 3.8) is 0 Å². The molecule has 0 unspecified atom stereocenters. The van der Waals surface area contributed by atoms with Crippen LogP contribution in [0.2, 0.25) is 0 Å². The summed E-state index contributed by atoms with van der Waals surface area (Å²) in [6, 6.07) is 7.01. The molecule has 0 aliphatic heterocycles. The van der Waals surface area contributed by atoms with Crippen molar-refractivity contribution in [3.05, 3.63) is 29.8 Å². The van der Waals surface area contributed by atoms with Gasteiger partial charge in [-0.25, -0.2) is 0 Å². The summed E-state index contributed by atoms with van der Waals surface area (Å²) in [5.41, 5.74) is 1.05. The largest absolute Gasteiger partial charge is 0.508 e. The number of hydrogen-bond donors (Lipinski definition) is 1. The summed E-state index contributed by atoms with van der Waals surface area (Å²) in [5.74, 6) is 0.944. The minimum atomic E-state index is -0.0514. The van der Waals surface area contributed by atoms with Gasteiger partial charge in [0.15, 0.2) is 0 Å². The van der Waals surface area contributed by atoms with E-state index >= 15 is 0 Å². The van der Waals surface area contributed by atoms with Crippen molar-refractivity contribution in [3.8, 4) is 5.75 Å². The molecular formula is C19H28O3. The Kier molecular flexibility index (Phi) is 7.30. The van der Waals surface area contributed by atoms with E-state index in [0.29, 0.717) is 25.2 Å². The predicted molar refractivity (Wildman–Crippen MR) is 88.8 cm³/mol. The molecule has 1 N–H and O–H groups in total. The van der Waals surface area contributed by atoms with Crippen molar-refractivity contribution in [2.75, 3.05) is 0 Å². The first-order valence-corrected chi connectivity index (χ1v) is 8.13. The Morgan fingerprint density at radius 3 is 2.00 bits per heavy atom. The van der Waals surface area contributed by atoms with Gasteiger partial charge in [0.1, 0.15) is 17.3 Å². The second-order valence-corrected chi connectivity index (χ2v) is 6.78. The van der Waals surface area contributed by atoms with Gasteiger partial charge in [-0.3, -0.25) is 9.59 Å². The van der Waals surface area contributed by atoms with Crippen LogP contribution in [0, 0.1) is 17.8 Å². The van der Waals surface area contributed by atoms with Crippen LogP contribution in [0.1, 0.15) is 52.5 Å². The Labute approximate surface area is 133 Å². The number of Topliss-reactive ketones (excluding diaryl/α,β-unsaturated/α-hetero) is 2. The van der Waals surface area contributed by atoms with Crippen molar-refractivity contribution in [2.45, 2.75) is 53.4 Å². The van der Waals surface area contributed by atoms with Crippen molar-refractivity contribution in [1.82, 2.24) is 0 Å². The minimum absolute atomic E-state index is 0.00607. The lowest BCUT2D eigenvalue weighted by molar-refractivity contribution is -0.128. The summed E-state index contributed by atoms with van der Waals surface area (Å²) in [7, 11) is 0. The number of carbonyl (C=O) groups excluding carboxylic acids is 2. The van der Waals surface area contributed by atoms with Crippen LogP contribution in [0.25, 0.3) is 0 Å². The molecule has 122 valence electrons. The number of phenolic OH excluding ortho intramolecular Hbond substituents is 1. The molecule has 22 heavy (non-hydrogen) atoms. The van der Waals surface area contributed by atoms with Gasteiger partial charge in [-0.05, 0) is 36.5 Å². The molecule has 0 spiro atoms. The number of rotatable bonds is 9. The van der Waals surface area contributed by atoms with Crippen LogP contribution in [0.3, 0.4) is 0 Å². The zero-order chi connectivity index (χ0) is 16.7. The number of benzene rings is 1. The average molecular weight is 304 g/mol. The first-order valence-electron chi connectivity index (χ1n) is 8.13. The molecular weight excluding hydrogens is 276 g/mol. The van der Waals surface area contributed by atoms with Gasteiger partial charge in [0.05, 0.1) is 0 Å². The highest BCUT2D eigenvalue weighted by Crippen LogP contribution is 2.22. The van der Waals surface area contributed by atoms with Crippen LogP contribution < -0.4 is 0 Å². The maximum Gasteiger partial charge on any atom is 0.136 e. The molecule has 0 aliphatic rings. The summed E-state index contributed by atoms with van der Waals surface area (Å²) in [5, 5.41) is 9.34. The fourth-order valence-electron chi connectivity index (χ4n) is 2.55. The smallest absolute Gasteiger partial charge is 0.136 e. The third kappa shape index (κ3) is 6.42. The lowest BCUT2D eigenvalue weighted by Gasteiger charge is -2.18. The molecule has 0 amide bonds. The van der Waals surface area contributed by atoms with Crippen LogP contribution >= 0.6 is 0 Å². The Morgan fingerprint density at radius 2 is 1.50 bits per heavy atom. The number of hydrogen-bond acceptors (Lipinski definition) is 3. The van der Waals surface area contributed by atoms with Gasteiger partial charge in [-0.2, -0.15) is 0 Å². The average Bonchev–Trinajstić information content (AvgIpc) is 2.45. The van der Waals surface area contributed by atoms with Gasteiger partial charge in [0.2, 0.25) is 0 Å². The summed E-state index contributed by atoms with van der Waals surface area (Å²) < 4.78 is 0. The van der Waals surface area contributed by atoms with E-state index in [9.17, 15) is 14.7 Å². The number of carbonyl (C=O) groups is 2. The van der Waals surface area contributed by atoms with Gasteiger partial charge >= 0.3 is 0 Å². The van der Waals surface area contributed by atoms with Crippen LogP contribution in [-0.2, 0) is 16.0 Å². The maximum absolute atomic E-state index is 12.5. The first-order chi connectivity index (χ1) is 10.3. The molecule has 0 heterocycles. The SMILES string of the molecule is CC(C)C[C@@H](Cc1ccc(O)cc1)C(=O)CCC(=O)C(C)C. The third-order valence-corrected chi connectivity index (χ3v) is 3.89. The van der Waals surface area contributed by atoms with E-state index in [1.54, 1.807) is 12.1 Å². The molecule has 1 aromatic carbocycles. The second kappa shape index (κ2) is 8.72. The van der Waals surface area contributed by atoms with Crippen molar-refractivity contribution < 1.29 is 14.7 Å². The molecule has 0 fully saturated rings. The molecule has 0 bridgehead atoms. The van der Waals surface area contributed by atoms with Crippen LogP contribution in [0.5, 0.6) is 5.75 Å². The Hall–Kier alpha value is -1.64. The molecule has 1 atom stereocenters. The molecule has 0 aliphatic carbocycles. The van der Waals surface area contributed by atoms with Gasteiger partial charge in [0, 0.05) is 24.7 Å². The fraction of sp³-hybridized carbons (Fsp3) is 0.579. The van der Waals surface area contributed by atoms with Gasteiger partial charge in [-0.1, -0.05) is 39.8 Å². The number of aromatic hydroxyl groups is 1. The van der Waals surface area contributed by atoms with Crippen molar-refractivity contribution in [1.29, 1.82) is 0 Å². The zero-order valence-electron chi connectivity index (χ0n) is 14.1.